The summed E-state index contributed by atoms with van der Waals surface area (Å²) in [5.41, 5.74) is 0.677. The molecular formula is C11H15N3O3S. The van der Waals surface area contributed by atoms with E-state index in [1.807, 2.05) is 6.07 Å². The lowest BCUT2D eigenvalue weighted by molar-refractivity contribution is 0.416. The Kier molecular flexibility index (Phi) is 4.53. The highest BCUT2D eigenvalue weighted by molar-refractivity contribution is 7.90. The van der Waals surface area contributed by atoms with Crippen molar-refractivity contribution in [3.63, 3.8) is 0 Å². The largest absolute Gasteiger partial charge is 0.495 e. The highest BCUT2D eigenvalue weighted by atomic mass is 32.2. The number of hydrogen-bond donors (Lipinski definition) is 2. The third-order valence-electron chi connectivity index (χ3n) is 1.97. The van der Waals surface area contributed by atoms with Crippen molar-refractivity contribution in [3.8, 4) is 11.8 Å². The van der Waals surface area contributed by atoms with Crippen LogP contribution in [0, 0.1) is 11.3 Å². The fourth-order valence-electron chi connectivity index (χ4n) is 1.33. The first-order valence-corrected chi connectivity index (χ1v) is 6.74. The van der Waals surface area contributed by atoms with E-state index in [4.69, 9.17) is 10.00 Å². The molecule has 0 spiro atoms. The van der Waals surface area contributed by atoms with Crippen molar-refractivity contribution in [1.29, 1.82) is 5.26 Å². The minimum atomic E-state index is -3.65. The molecule has 98 valence electrons. The predicted octanol–water partition coefficient (Wildman–Crippen LogP) is 1.22. The number of ether oxygens (including phenoxy) is 1. The van der Waals surface area contributed by atoms with Gasteiger partial charge in [-0.05, 0) is 26.0 Å². The summed E-state index contributed by atoms with van der Waals surface area (Å²) >= 11 is 0. The molecule has 0 aliphatic carbocycles. The van der Waals surface area contributed by atoms with Gasteiger partial charge in [0.2, 0.25) is 0 Å². The Morgan fingerprint density at radius 1 is 1.39 bits per heavy atom. The predicted molar refractivity (Wildman–Crippen MR) is 68.5 cm³/mol. The van der Waals surface area contributed by atoms with Crippen molar-refractivity contribution < 1.29 is 13.2 Å². The van der Waals surface area contributed by atoms with Gasteiger partial charge in [-0.15, -0.1) is 0 Å². The van der Waals surface area contributed by atoms with Crippen molar-refractivity contribution >= 4 is 15.9 Å². The van der Waals surface area contributed by atoms with Crippen LogP contribution in [0.5, 0.6) is 5.75 Å². The number of benzene rings is 1. The smallest absolute Gasteiger partial charge is 0.299 e. The summed E-state index contributed by atoms with van der Waals surface area (Å²) in [7, 11) is -2.24. The van der Waals surface area contributed by atoms with Crippen LogP contribution in [-0.4, -0.2) is 21.6 Å². The van der Waals surface area contributed by atoms with E-state index in [1.165, 1.54) is 25.3 Å². The number of anilines is 1. The Morgan fingerprint density at radius 2 is 2.06 bits per heavy atom. The third-order valence-corrected chi connectivity index (χ3v) is 3.24. The van der Waals surface area contributed by atoms with Gasteiger partial charge in [0, 0.05) is 12.1 Å². The molecule has 1 rings (SSSR count). The molecule has 0 atom stereocenters. The second-order valence-corrected chi connectivity index (χ2v) is 5.35. The van der Waals surface area contributed by atoms with Crippen molar-refractivity contribution in [1.82, 2.24) is 4.72 Å². The molecular weight excluding hydrogens is 254 g/mol. The average Bonchev–Trinajstić information content (AvgIpc) is 2.27. The summed E-state index contributed by atoms with van der Waals surface area (Å²) in [4.78, 5) is 0. The van der Waals surface area contributed by atoms with Gasteiger partial charge in [-0.25, -0.2) is 0 Å². The van der Waals surface area contributed by atoms with Gasteiger partial charge in [0.1, 0.15) is 5.75 Å². The van der Waals surface area contributed by atoms with E-state index >= 15 is 0 Å². The van der Waals surface area contributed by atoms with Crippen LogP contribution in [0.2, 0.25) is 0 Å². The lowest BCUT2D eigenvalue weighted by Gasteiger charge is -2.14. The van der Waals surface area contributed by atoms with Gasteiger partial charge >= 0.3 is 0 Å². The minimum absolute atomic E-state index is 0.216. The van der Waals surface area contributed by atoms with Crippen LogP contribution in [0.15, 0.2) is 18.2 Å². The quantitative estimate of drug-likeness (QED) is 0.840. The first-order chi connectivity index (χ1) is 8.38. The van der Waals surface area contributed by atoms with Gasteiger partial charge in [0.15, 0.2) is 0 Å². The van der Waals surface area contributed by atoms with Crippen LogP contribution in [0.25, 0.3) is 0 Å². The zero-order chi connectivity index (χ0) is 13.8. The van der Waals surface area contributed by atoms with Crippen molar-refractivity contribution in [2.24, 2.45) is 0 Å². The average molecular weight is 269 g/mol. The minimum Gasteiger partial charge on any atom is -0.495 e. The molecule has 6 nitrogen and oxygen atoms in total. The maximum Gasteiger partial charge on any atom is 0.299 e. The van der Waals surface area contributed by atoms with Gasteiger partial charge in [0.25, 0.3) is 10.2 Å². The topological polar surface area (TPSA) is 91.2 Å². The molecule has 2 N–H and O–H groups in total. The maximum absolute atomic E-state index is 11.7. The van der Waals surface area contributed by atoms with E-state index in [9.17, 15) is 8.42 Å². The highest BCUT2D eigenvalue weighted by Gasteiger charge is 2.14. The molecule has 0 aliphatic heterocycles. The van der Waals surface area contributed by atoms with Crippen LogP contribution in [-0.2, 0) is 10.2 Å². The van der Waals surface area contributed by atoms with Gasteiger partial charge in [-0.1, -0.05) is 0 Å². The molecule has 0 saturated carbocycles. The SMILES string of the molecule is COc1cc(C#N)ccc1NS(=O)(=O)NC(C)C. The number of nitrogens with one attached hydrogen (secondary N) is 2. The Morgan fingerprint density at radius 3 is 2.56 bits per heavy atom. The molecule has 1 aromatic carbocycles. The van der Waals surface area contributed by atoms with Crippen molar-refractivity contribution in [3.05, 3.63) is 23.8 Å². The van der Waals surface area contributed by atoms with E-state index < -0.39 is 10.2 Å². The monoisotopic (exact) mass is 269 g/mol. The molecule has 0 aromatic heterocycles. The van der Waals surface area contributed by atoms with E-state index in [-0.39, 0.29) is 11.7 Å². The van der Waals surface area contributed by atoms with Gasteiger partial charge in [0.05, 0.1) is 24.4 Å². The number of nitriles is 1. The fraction of sp³-hybridized carbons (Fsp3) is 0.364. The number of rotatable bonds is 5. The molecule has 0 saturated heterocycles. The number of nitrogens with zero attached hydrogens (tertiary/aromatic N) is 1. The Hall–Kier alpha value is -1.78. The summed E-state index contributed by atoms with van der Waals surface area (Å²) < 4.78 is 33.1. The van der Waals surface area contributed by atoms with E-state index in [0.29, 0.717) is 11.3 Å². The number of hydrogen-bond acceptors (Lipinski definition) is 4. The summed E-state index contributed by atoms with van der Waals surface area (Å²) in [5, 5.41) is 8.74. The molecule has 0 fully saturated rings. The Balaban J connectivity index is 3.02. The Labute approximate surface area is 107 Å². The van der Waals surface area contributed by atoms with Crippen LogP contribution < -0.4 is 14.2 Å². The molecule has 1 aromatic rings. The number of methoxy groups -OCH3 is 1. The van der Waals surface area contributed by atoms with Crippen LogP contribution in [0.1, 0.15) is 19.4 Å². The summed E-state index contributed by atoms with van der Waals surface area (Å²) in [5.74, 6) is 0.295. The molecule has 7 heteroatoms. The first kappa shape index (κ1) is 14.3. The van der Waals surface area contributed by atoms with E-state index in [0.717, 1.165) is 0 Å². The van der Waals surface area contributed by atoms with Gasteiger partial charge in [-0.3, -0.25) is 4.72 Å². The van der Waals surface area contributed by atoms with Crippen molar-refractivity contribution in [2.75, 3.05) is 11.8 Å². The molecule has 0 aliphatic rings. The van der Waals surface area contributed by atoms with Crippen LogP contribution >= 0.6 is 0 Å². The fourth-order valence-corrected chi connectivity index (χ4v) is 2.47. The lowest BCUT2D eigenvalue weighted by atomic mass is 10.2. The molecule has 0 heterocycles. The van der Waals surface area contributed by atoms with E-state index in [1.54, 1.807) is 13.8 Å². The molecule has 0 amide bonds. The maximum atomic E-state index is 11.7. The zero-order valence-corrected chi connectivity index (χ0v) is 11.2. The molecule has 18 heavy (non-hydrogen) atoms. The van der Waals surface area contributed by atoms with Crippen LogP contribution in [0.4, 0.5) is 5.69 Å². The standard InChI is InChI=1S/C11H15N3O3S/c1-8(2)13-18(15,16)14-10-5-4-9(7-12)6-11(10)17-3/h4-6,8,13-14H,1-3H3. The third kappa shape index (κ3) is 3.91. The van der Waals surface area contributed by atoms with Crippen LogP contribution in [0.3, 0.4) is 0 Å². The Bertz CT molecular complexity index is 561. The summed E-state index contributed by atoms with van der Waals surface area (Å²) in [6.45, 7) is 3.44. The molecule has 0 unspecified atom stereocenters. The van der Waals surface area contributed by atoms with Crippen molar-refractivity contribution in [2.45, 2.75) is 19.9 Å². The second-order valence-electron chi connectivity index (χ2n) is 3.90. The van der Waals surface area contributed by atoms with Gasteiger partial charge < -0.3 is 4.74 Å². The zero-order valence-electron chi connectivity index (χ0n) is 10.4. The normalized spacial score (nSPS) is 11.1. The van der Waals surface area contributed by atoms with E-state index in [2.05, 4.69) is 9.44 Å². The summed E-state index contributed by atoms with van der Waals surface area (Å²) in [6.07, 6.45) is 0. The second kappa shape index (κ2) is 5.71. The summed E-state index contributed by atoms with van der Waals surface area (Å²) in [6, 6.07) is 6.19. The highest BCUT2D eigenvalue weighted by Crippen LogP contribution is 2.25. The lowest BCUT2D eigenvalue weighted by Crippen LogP contribution is -2.35. The molecule has 0 bridgehead atoms. The first-order valence-electron chi connectivity index (χ1n) is 5.26. The molecule has 0 radical (unpaired) electrons. The van der Waals surface area contributed by atoms with Gasteiger partial charge in [-0.2, -0.15) is 18.4 Å².